The number of benzene rings is 6. The highest BCUT2D eigenvalue weighted by Gasteiger charge is 2.32. The van der Waals surface area contributed by atoms with Crippen LogP contribution in [0.15, 0.2) is 152 Å². The van der Waals surface area contributed by atoms with E-state index >= 15 is 0 Å². The van der Waals surface area contributed by atoms with Crippen molar-refractivity contribution in [2.75, 3.05) is 16.5 Å². The third-order valence-electron chi connectivity index (χ3n) is 13.2. The van der Waals surface area contributed by atoms with Crippen LogP contribution in [-0.2, 0) is 16.2 Å². The van der Waals surface area contributed by atoms with Crippen LogP contribution in [0.25, 0.3) is 38.8 Å². The minimum Gasteiger partial charge on any atom is -0.457 e. The lowest BCUT2D eigenvalue weighted by atomic mass is 9.77. The van der Waals surface area contributed by atoms with Crippen molar-refractivity contribution in [2.45, 2.75) is 91.4 Å². The number of anilines is 4. The third kappa shape index (κ3) is 7.45. The Labute approximate surface area is 362 Å². The van der Waals surface area contributed by atoms with E-state index in [0.29, 0.717) is 6.67 Å². The summed E-state index contributed by atoms with van der Waals surface area (Å²) >= 11 is 0. The Balaban J connectivity index is 1.12. The van der Waals surface area contributed by atoms with Gasteiger partial charge in [-0.05, 0) is 124 Å². The quantitative estimate of drug-likeness (QED) is 0.146. The molecule has 0 N–H and O–H groups in total. The van der Waals surface area contributed by atoms with Crippen molar-refractivity contribution in [1.29, 1.82) is 0 Å². The molecule has 0 saturated heterocycles. The maximum absolute atomic E-state index is 6.79. The average Bonchev–Trinajstić information content (AvgIpc) is 3.81. The van der Waals surface area contributed by atoms with Gasteiger partial charge in [0.05, 0.1) is 22.4 Å². The van der Waals surface area contributed by atoms with Crippen molar-refractivity contribution in [3.63, 3.8) is 0 Å². The van der Waals surface area contributed by atoms with E-state index in [1.54, 1.807) is 0 Å². The van der Waals surface area contributed by atoms with Gasteiger partial charge in [0.25, 0.3) is 0 Å². The Morgan fingerprint density at radius 1 is 0.508 bits per heavy atom. The van der Waals surface area contributed by atoms with Crippen LogP contribution in [0, 0.1) is 0 Å². The highest BCUT2D eigenvalue weighted by molar-refractivity contribution is 6.09. The molecule has 9 rings (SSSR count). The van der Waals surface area contributed by atoms with Gasteiger partial charge in [-0.1, -0.05) is 129 Å². The standard InChI is InChI=1S/C56H58N4O/c1-10-56(9,11-2)41-24-27-50-52(33-41)59(44-31-39(38-18-13-12-14-19-38)30-42(32-44)55(6,7)8)37-58(50)43-20-17-21-45(35-43)61-46-25-26-48-47-22-15-16-23-49(47)60(51(48)36-46)53-34-40(28-29-57-53)54(3,4)5/h12-36H,10-11,37H2,1-9H3. The summed E-state index contributed by atoms with van der Waals surface area (Å²) in [6, 6.07) is 52.9. The fourth-order valence-corrected chi connectivity index (χ4v) is 8.85. The van der Waals surface area contributed by atoms with Crippen LogP contribution in [-0.4, -0.2) is 16.2 Å². The molecule has 308 valence electrons. The van der Waals surface area contributed by atoms with E-state index < -0.39 is 0 Å². The molecule has 1 aliphatic rings. The molecule has 0 spiro atoms. The molecule has 0 amide bonds. The molecule has 5 nitrogen and oxygen atoms in total. The molecule has 8 aromatic rings. The number of ether oxygens (including phenoxy) is 1. The largest absolute Gasteiger partial charge is 0.457 e. The molecule has 6 aromatic carbocycles. The van der Waals surface area contributed by atoms with Gasteiger partial charge in [-0.3, -0.25) is 4.57 Å². The molecule has 0 atom stereocenters. The van der Waals surface area contributed by atoms with E-state index in [9.17, 15) is 0 Å². The van der Waals surface area contributed by atoms with Crippen LogP contribution in [0.4, 0.5) is 22.7 Å². The first-order chi connectivity index (χ1) is 29.2. The topological polar surface area (TPSA) is 33.5 Å². The van der Waals surface area contributed by atoms with Gasteiger partial charge >= 0.3 is 0 Å². The zero-order chi connectivity index (χ0) is 42.7. The van der Waals surface area contributed by atoms with Crippen molar-refractivity contribution in [3.8, 4) is 28.4 Å². The lowest BCUT2D eigenvalue weighted by Gasteiger charge is -2.29. The summed E-state index contributed by atoms with van der Waals surface area (Å²) in [5.41, 5.74) is 13.3. The first kappa shape index (κ1) is 40.1. The van der Waals surface area contributed by atoms with Crippen LogP contribution in [0.3, 0.4) is 0 Å². The predicted molar refractivity (Wildman–Crippen MR) is 258 cm³/mol. The van der Waals surface area contributed by atoms with Gasteiger partial charge in [-0.2, -0.15) is 0 Å². The van der Waals surface area contributed by atoms with E-state index in [-0.39, 0.29) is 16.2 Å². The SMILES string of the molecule is CCC(C)(CC)c1ccc2c(c1)N(c1cc(-c3ccccc3)cc(C(C)(C)C)c1)CN2c1cccc(Oc2ccc3c4ccccc4n(-c4cc(C(C)(C)C)ccn4)c3c2)c1. The van der Waals surface area contributed by atoms with Gasteiger partial charge in [0.2, 0.25) is 0 Å². The lowest BCUT2D eigenvalue weighted by molar-refractivity contribution is 0.439. The summed E-state index contributed by atoms with van der Waals surface area (Å²) < 4.78 is 9.06. The molecule has 0 unspecified atom stereocenters. The predicted octanol–water partition coefficient (Wildman–Crippen LogP) is 15.6. The van der Waals surface area contributed by atoms with Crippen molar-refractivity contribution < 1.29 is 4.74 Å². The summed E-state index contributed by atoms with van der Waals surface area (Å²) in [4.78, 5) is 9.83. The van der Waals surface area contributed by atoms with E-state index in [1.807, 2.05) is 6.20 Å². The molecule has 1 aliphatic heterocycles. The second-order valence-corrected chi connectivity index (χ2v) is 19.1. The van der Waals surface area contributed by atoms with Gasteiger partial charge in [0.1, 0.15) is 24.0 Å². The molecule has 61 heavy (non-hydrogen) atoms. The minimum atomic E-state index is -0.0252. The molecular formula is C56H58N4O. The normalized spacial score (nSPS) is 13.3. The van der Waals surface area contributed by atoms with Crippen molar-refractivity contribution >= 4 is 44.6 Å². The molecule has 0 bridgehead atoms. The van der Waals surface area contributed by atoms with Crippen LogP contribution in [0.1, 0.15) is 91.8 Å². The Morgan fingerprint density at radius 2 is 1.21 bits per heavy atom. The van der Waals surface area contributed by atoms with E-state index in [0.717, 1.165) is 46.9 Å². The molecule has 0 saturated carbocycles. The number of fused-ring (bicyclic) bond motifs is 4. The van der Waals surface area contributed by atoms with E-state index in [1.165, 1.54) is 55.7 Å². The van der Waals surface area contributed by atoms with Gasteiger partial charge in [-0.25, -0.2) is 4.98 Å². The minimum absolute atomic E-state index is 0.00190. The molecule has 0 aliphatic carbocycles. The monoisotopic (exact) mass is 802 g/mol. The first-order valence-electron chi connectivity index (χ1n) is 21.9. The average molecular weight is 803 g/mol. The number of rotatable bonds is 9. The number of para-hydroxylation sites is 1. The highest BCUT2D eigenvalue weighted by Crippen LogP contribution is 2.49. The molecule has 5 heteroatoms. The maximum Gasteiger partial charge on any atom is 0.137 e. The fraction of sp³-hybridized carbons (Fsp3) is 0.268. The molecule has 0 radical (unpaired) electrons. The summed E-state index contributed by atoms with van der Waals surface area (Å²) in [6.45, 7) is 21.3. The highest BCUT2D eigenvalue weighted by atomic mass is 16.5. The zero-order valence-electron chi connectivity index (χ0n) is 37.3. The van der Waals surface area contributed by atoms with E-state index in [4.69, 9.17) is 9.72 Å². The van der Waals surface area contributed by atoms with Crippen LogP contribution < -0.4 is 14.5 Å². The number of nitrogens with zero attached hydrogens (tertiary/aromatic N) is 4. The van der Waals surface area contributed by atoms with Gasteiger partial charge in [0, 0.05) is 40.5 Å². The fourth-order valence-electron chi connectivity index (χ4n) is 8.85. The van der Waals surface area contributed by atoms with E-state index in [2.05, 4.69) is 222 Å². The first-order valence-corrected chi connectivity index (χ1v) is 21.9. The Bertz CT molecular complexity index is 2890. The maximum atomic E-state index is 6.79. The number of pyridine rings is 1. The molecule has 3 heterocycles. The Morgan fingerprint density at radius 3 is 1.97 bits per heavy atom. The van der Waals surface area contributed by atoms with Crippen LogP contribution in [0.2, 0.25) is 0 Å². The number of hydrogen-bond acceptors (Lipinski definition) is 4. The second kappa shape index (κ2) is 15.3. The molecule has 2 aromatic heterocycles. The second-order valence-electron chi connectivity index (χ2n) is 19.1. The van der Waals surface area contributed by atoms with Crippen LogP contribution in [0.5, 0.6) is 11.5 Å². The van der Waals surface area contributed by atoms with Crippen molar-refractivity contribution in [3.05, 3.63) is 168 Å². The zero-order valence-corrected chi connectivity index (χ0v) is 37.3. The number of aromatic nitrogens is 2. The third-order valence-corrected chi connectivity index (χ3v) is 13.2. The summed E-state index contributed by atoms with van der Waals surface area (Å²) in [7, 11) is 0. The smallest absolute Gasteiger partial charge is 0.137 e. The molecule has 0 fully saturated rings. The van der Waals surface area contributed by atoms with Gasteiger partial charge < -0.3 is 14.5 Å². The summed E-state index contributed by atoms with van der Waals surface area (Å²) in [6.07, 6.45) is 4.08. The Hall–Kier alpha value is -6.33. The van der Waals surface area contributed by atoms with Gasteiger partial charge in [0.15, 0.2) is 0 Å². The Kier molecular flexibility index (Phi) is 10.1. The lowest BCUT2D eigenvalue weighted by Crippen LogP contribution is -2.24. The van der Waals surface area contributed by atoms with Crippen molar-refractivity contribution in [2.24, 2.45) is 0 Å². The van der Waals surface area contributed by atoms with Gasteiger partial charge in [-0.15, -0.1) is 0 Å². The molecular weight excluding hydrogens is 745 g/mol. The van der Waals surface area contributed by atoms with Crippen LogP contribution >= 0.6 is 0 Å². The summed E-state index contributed by atoms with van der Waals surface area (Å²) in [5, 5.41) is 2.36. The van der Waals surface area contributed by atoms with Crippen molar-refractivity contribution in [1.82, 2.24) is 9.55 Å². The summed E-state index contributed by atoms with van der Waals surface area (Å²) in [5.74, 6) is 2.47. The number of hydrogen-bond donors (Lipinski definition) is 0.